The molecule has 3 nitrogen and oxygen atoms in total. The molecule has 3 heteroatoms. The van der Waals surface area contributed by atoms with E-state index in [1.807, 2.05) is 0 Å². The molecule has 1 rings (SSSR count). The lowest BCUT2D eigenvalue weighted by molar-refractivity contribution is -0.144. The molecule has 1 fully saturated rings. The molecule has 0 aromatic rings. The van der Waals surface area contributed by atoms with Crippen LogP contribution in [0.5, 0.6) is 0 Å². The van der Waals surface area contributed by atoms with Gasteiger partial charge in [-0.15, -0.1) is 0 Å². The summed E-state index contributed by atoms with van der Waals surface area (Å²) in [6.07, 6.45) is 10.5. The molecular formula is C15H29NO2. The molecule has 0 bridgehead atoms. The van der Waals surface area contributed by atoms with Crippen LogP contribution in [0.1, 0.15) is 71.6 Å². The summed E-state index contributed by atoms with van der Waals surface area (Å²) >= 11 is 0. The van der Waals surface area contributed by atoms with Crippen molar-refractivity contribution >= 4 is 5.97 Å². The predicted molar refractivity (Wildman–Crippen MR) is 74.8 cm³/mol. The van der Waals surface area contributed by atoms with Gasteiger partial charge in [-0.05, 0) is 32.7 Å². The van der Waals surface area contributed by atoms with Gasteiger partial charge in [0.25, 0.3) is 0 Å². The lowest BCUT2D eigenvalue weighted by Crippen LogP contribution is -2.45. The van der Waals surface area contributed by atoms with Crippen LogP contribution in [0.25, 0.3) is 0 Å². The second-order valence-corrected chi connectivity index (χ2v) is 5.64. The summed E-state index contributed by atoms with van der Waals surface area (Å²) in [5, 5.41) is 9.35. The Morgan fingerprint density at radius 1 is 1.28 bits per heavy atom. The molecule has 18 heavy (non-hydrogen) atoms. The second-order valence-electron chi connectivity index (χ2n) is 5.64. The number of hydrogen-bond donors (Lipinski definition) is 1. The first-order valence-electron chi connectivity index (χ1n) is 7.65. The van der Waals surface area contributed by atoms with Gasteiger partial charge in [0.2, 0.25) is 0 Å². The summed E-state index contributed by atoms with van der Waals surface area (Å²) in [6, 6.07) is 0.176. The van der Waals surface area contributed by atoms with Gasteiger partial charge in [-0.25, -0.2) is 0 Å². The number of hydrogen-bond acceptors (Lipinski definition) is 2. The summed E-state index contributed by atoms with van der Waals surface area (Å²) in [5.41, 5.74) is 0. The third-order valence-electron chi connectivity index (χ3n) is 4.12. The van der Waals surface area contributed by atoms with Gasteiger partial charge < -0.3 is 5.11 Å². The van der Waals surface area contributed by atoms with Gasteiger partial charge >= 0.3 is 5.97 Å². The topological polar surface area (TPSA) is 40.5 Å². The SMILES string of the molecule is CCCCCCC(C)N1CCCCCC1C(=O)O. The molecule has 1 aliphatic rings. The number of unbranched alkanes of at least 4 members (excludes halogenated alkanes) is 3. The first kappa shape index (κ1) is 15.5. The highest BCUT2D eigenvalue weighted by Crippen LogP contribution is 2.22. The van der Waals surface area contributed by atoms with E-state index in [1.54, 1.807) is 0 Å². The molecular weight excluding hydrogens is 226 g/mol. The van der Waals surface area contributed by atoms with Gasteiger partial charge in [0.15, 0.2) is 0 Å². The minimum atomic E-state index is -0.627. The Morgan fingerprint density at radius 2 is 2.06 bits per heavy atom. The minimum absolute atomic E-state index is 0.242. The van der Waals surface area contributed by atoms with Gasteiger partial charge in [0.1, 0.15) is 6.04 Å². The van der Waals surface area contributed by atoms with E-state index in [1.165, 1.54) is 32.1 Å². The van der Waals surface area contributed by atoms with E-state index in [0.29, 0.717) is 6.04 Å². The van der Waals surface area contributed by atoms with E-state index in [0.717, 1.165) is 32.2 Å². The molecule has 0 aliphatic carbocycles. The molecule has 1 aliphatic heterocycles. The maximum Gasteiger partial charge on any atom is 0.320 e. The Labute approximate surface area is 112 Å². The fraction of sp³-hybridized carbons (Fsp3) is 0.933. The molecule has 0 aromatic carbocycles. The zero-order chi connectivity index (χ0) is 13.4. The Balaban J connectivity index is 2.45. The third-order valence-corrected chi connectivity index (χ3v) is 4.12. The minimum Gasteiger partial charge on any atom is -0.480 e. The van der Waals surface area contributed by atoms with Crippen LogP contribution >= 0.6 is 0 Å². The summed E-state index contributed by atoms with van der Waals surface area (Å²) < 4.78 is 0. The molecule has 1 N–H and O–H groups in total. The van der Waals surface area contributed by atoms with Gasteiger partial charge in [0.05, 0.1) is 0 Å². The zero-order valence-electron chi connectivity index (χ0n) is 12.0. The molecule has 2 unspecified atom stereocenters. The van der Waals surface area contributed by atoms with Crippen LogP contribution in [-0.2, 0) is 4.79 Å². The van der Waals surface area contributed by atoms with Crippen molar-refractivity contribution in [3.63, 3.8) is 0 Å². The average Bonchev–Trinajstić information content (AvgIpc) is 2.59. The van der Waals surface area contributed by atoms with E-state index < -0.39 is 5.97 Å². The molecule has 0 amide bonds. The normalized spacial score (nSPS) is 23.6. The van der Waals surface area contributed by atoms with E-state index in [2.05, 4.69) is 18.7 Å². The quantitative estimate of drug-likeness (QED) is 0.706. The number of likely N-dealkylation sites (tertiary alicyclic amines) is 1. The number of aliphatic carboxylic acids is 1. The highest BCUT2D eigenvalue weighted by atomic mass is 16.4. The number of carboxylic acid groups (broad SMARTS) is 1. The molecule has 106 valence electrons. The van der Waals surface area contributed by atoms with Crippen molar-refractivity contribution in [3.05, 3.63) is 0 Å². The summed E-state index contributed by atoms with van der Waals surface area (Å²) in [5.74, 6) is -0.627. The average molecular weight is 255 g/mol. The van der Waals surface area contributed by atoms with E-state index in [4.69, 9.17) is 0 Å². The third kappa shape index (κ3) is 4.97. The largest absolute Gasteiger partial charge is 0.480 e. The maximum absolute atomic E-state index is 11.4. The smallest absolute Gasteiger partial charge is 0.320 e. The Kier molecular flexibility index (Phi) is 7.33. The highest BCUT2D eigenvalue weighted by Gasteiger charge is 2.29. The molecule has 2 atom stereocenters. The first-order chi connectivity index (χ1) is 8.66. The number of nitrogens with zero attached hydrogens (tertiary/aromatic N) is 1. The summed E-state index contributed by atoms with van der Waals surface area (Å²) in [7, 11) is 0. The highest BCUT2D eigenvalue weighted by molar-refractivity contribution is 5.73. The molecule has 0 radical (unpaired) electrons. The summed E-state index contributed by atoms with van der Waals surface area (Å²) in [6.45, 7) is 5.39. The number of rotatable bonds is 7. The van der Waals surface area contributed by atoms with Crippen molar-refractivity contribution in [2.45, 2.75) is 83.7 Å². The van der Waals surface area contributed by atoms with Crippen LogP contribution in [0.15, 0.2) is 0 Å². The van der Waals surface area contributed by atoms with Crippen LogP contribution in [0.4, 0.5) is 0 Å². The van der Waals surface area contributed by atoms with Crippen molar-refractivity contribution in [1.29, 1.82) is 0 Å². The molecule has 1 saturated heterocycles. The van der Waals surface area contributed by atoms with Crippen molar-refractivity contribution in [3.8, 4) is 0 Å². The standard InChI is InChI=1S/C15H29NO2/c1-3-4-5-7-10-13(2)16-12-9-6-8-11-14(16)15(17)18/h13-14H,3-12H2,1-2H3,(H,17,18). The van der Waals surface area contributed by atoms with Gasteiger partial charge in [-0.3, -0.25) is 9.69 Å². The number of carboxylic acids is 1. The van der Waals surface area contributed by atoms with E-state index >= 15 is 0 Å². The van der Waals surface area contributed by atoms with Gasteiger partial charge in [-0.2, -0.15) is 0 Å². The van der Waals surface area contributed by atoms with Gasteiger partial charge in [0, 0.05) is 6.04 Å². The molecule has 1 heterocycles. The lowest BCUT2D eigenvalue weighted by atomic mass is 10.0. The predicted octanol–water partition coefficient (Wildman–Crippen LogP) is 3.67. The maximum atomic E-state index is 11.4. The number of carbonyl (C=O) groups is 1. The van der Waals surface area contributed by atoms with E-state index in [9.17, 15) is 9.90 Å². The second kappa shape index (κ2) is 8.52. The fourth-order valence-corrected chi connectivity index (χ4v) is 2.96. The molecule has 0 spiro atoms. The Morgan fingerprint density at radius 3 is 2.72 bits per heavy atom. The van der Waals surface area contributed by atoms with Crippen LogP contribution in [-0.4, -0.2) is 34.6 Å². The van der Waals surface area contributed by atoms with E-state index in [-0.39, 0.29) is 6.04 Å². The van der Waals surface area contributed by atoms with Crippen LogP contribution in [0.3, 0.4) is 0 Å². The van der Waals surface area contributed by atoms with Crippen molar-refractivity contribution in [2.75, 3.05) is 6.54 Å². The molecule has 0 aromatic heterocycles. The fourth-order valence-electron chi connectivity index (χ4n) is 2.96. The zero-order valence-corrected chi connectivity index (χ0v) is 12.0. The molecule has 0 saturated carbocycles. The Hall–Kier alpha value is -0.570. The van der Waals surface area contributed by atoms with Crippen molar-refractivity contribution in [2.24, 2.45) is 0 Å². The van der Waals surface area contributed by atoms with Crippen LogP contribution < -0.4 is 0 Å². The first-order valence-corrected chi connectivity index (χ1v) is 7.65. The van der Waals surface area contributed by atoms with Gasteiger partial charge in [-0.1, -0.05) is 45.4 Å². The summed E-state index contributed by atoms with van der Waals surface area (Å²) in [4.78, 5) is 13.6. The van der Waals surface area contributed by atoms with Crippen LogP contribution in [0.2, 0.25) is 0 Å². The van der Waals surface area contributed by atoms with Crippen LogP contribution in [0, 0.1) is 0 Å². The monoisotopic (exact) mass is 255 g/mol. The van der Waals surface area contributed by atoms with Crippen molar-refractivity contribution < 1.29 is 9.90 Å². The van der Waals surface area contributed by atoms with Crippen molar-refractivity contribution in [1.82, 2.24) is 4.90 Å². The lowest BCUT2D eigenvalue weighted by Gasteiger charge is -2.32. The Bertz CT molecular complexity index is 243.